The van der Waals surface area contributed by atoms with Gasteiger partial charge in [-0.2, -0.15) is 0 Å². The number of aromatic nitrogens is 1. The van der Waals surface area contributed by atoms with Gasteiger partial charge in [0, 0.05) is 18.2 Å². The molecule has 0 aliphatic heterocycles. The Balaban J connectivity index is 2.08. The fraction of sp³-hybridized carbons (Fsp3) is 0.118. The molecule has 0 spiro atoms. The SMILES string of the molecule is COc1ccc(CN(c2ccon2)S(=O)(=O)c2c(F)cc(F)cc2F)cc1. The summed E-state index contributed by atoms with van der Waals surface area (Å²) in [4.78, 5) is -1.28. The fourth-order valence-electron chi connectivity index (χ4n) is 2.41. The van der Waals surface area contributed by atoms with Gasteiger partial charge in [0.25, 0.3) is 10.0 Å². The third kappa shape index (κ3) is 3.75. The number of hydrogen-bond acceptors (Lipinski definition) is 5. The Morgan fingerprint density at radius 3 is 2.22 bits per heavy atom. The molecule has 0 saturated heterocycles. The van der Waals surface area contributed by atoms with Gasteiger partial charge in [-0.15, -0.1) is 0 Å². The molecule has 0 amide bonds. The Kier molecular flexibility index (Phi) is 5.08. The highest BCUT2D eigenvalue weighted by molar-refractivity contribution is 7.92. The Labute approximate surface area is 152 Å². The number of rotatable bonds is 6. The zero-order valence-electron chi connectivity index (χ0n) is 13.9. The summed E-state index contributed by atoms with van der Waals surface area (Å²) in [6.07, 6.45) is 1.11. The van der Waals surface area contributed by atoms with Crippen LogP contribution in [-0.2, 0) is 16.6 Å². The molecule has 10 heteroatoms. The first kappa shape index (κ1) is 18.8. The molecule has 0 unspecified atom stereocenters. The second kappa shape index (κ2) is 7.31. The van der Waals surface area contributed by atoms with Crippen LogP contribution >= 0.6 is 0 Å². The number of nitrogens with zero attached hydrogens (tertiary/aromatic N) is 2. The topological polar surface area (TPSA) is 72.6 Å². The summed E-state index contributed by atoms with van der Waals surface area (Å²) in [5, 5.41) is 3.54. The number of anilines is 1. The summed E-state index contributed by atoms with van der Waals surface area (Å²) in [6.45, 7) is -0.297. The molecule has 1 heterocycles. The van der Waals surface area contributed by atoms with E-state index in [-0.39, 0.29) is 12.4 Å². The van der Waals surface area contributed by atoms with E-state index in [1.807, 2.05) is 0 Å². The highest BCUT2D eigenvalue weighted by Gasteiger charge is 2.33. The molecule has 3 rings (SSSR count). The Morgan fingerprint density at radius 1 is 1.07 bits per heavy atom. The van der Waals surface area contributed by atoms with E-state index in [0.717, 1.165) is 6.26 Å². The first-order valence-electron chi connectivity index (χ1n) is 7.53. The molecule has 142 valence electrons. The van der Waals surface area contributed by atoms with Crippen molar-refractivity contribution in [2.75, 3.05) is 11.4 Å². The Morgan fingerprint density at radius 2 is 1.70 bits per heavy atom. The van der Waals surface area contributed by atoms with Gasteiger partial charge in [0.1, 0.15) is 29.5 Å². The van der Waals surface area contributed by atoms with E-state index in [0.29, 0.717) is 27.8 Å². The van der Waals surface area contributed by atoms with E-state index >= 15 is 0 Å². The summed E-state index contributed by atoms with van der Waals surface area (Å²) in [5.74, 6) is -3.96. The van der Waals surface area contributed by atoms with Gasteiger partial charge < -0.3 is 9.26 Å². The lowest BCUT2D eigenvalue weighted by molar-refractivity contribution is 0.414. The van der Waals surface area contributed by atoms with Crippen molar-refractivity contribution in [3.8, 4) is 5.75 Å². The number of halogens is 3. The number of benzene rings is 2. The minimum Gasteiger partial charge on any atom is -0.497 e. The summed E-state index contributed by atoms with van der Waals surface area (Å²) in [6, 6.07) is 8.18. The third-order valence-corrected chi connectivity index (χ3v) is 5.48. The molecule has 0 bridgehead atoms. The predicted molar refractivity (Wildman–Crippen MR) is 89.2 cm³/mol. The van der Waals surface area contributed by atoms with Crippen molar-refractivity contribution in [1.82, 2.24) is 5.16 Å². The van der Waals surface area contributed by atoms with Crippen molar-refractivity contribution in [3.63, 3.8) is 0 Å². The lowest BCUT2D eigenvalue weighted by Crippen LogP contribution is -2.32. The van der Waals surface area contributed by atoms with Gasteiger partial charge in [-0.05, 0) is 17.7 Å². The van der Waals surface area contributed by atoms with Crippen molar-refractivity contribution >= 4 is 15.8 Å². The smallest absolute Gasteiger partial charge is 0.271 e. The van der Waals surface area contributed by atoms with E-state index in [9.17, 15) is 21.6 Å². The predicted octanol–water partition coefficient (Wildman–Crippen LogP) is 3.50. The van der Waals surface area contributed by atoms with E-state index < -0.39 is 32.4 Å². The average molecular weight is 398 g/mol. The molecular weight excluding hydrogens is 385 g/mol. The lowest BCUT2D eigenvalue weighted by Gasteiger charge is -2.22. The number of hydrogen-bond donors (Lipinski definition) is 0. The second-order valence-corrected chi connectivity index (χ2v) is 7.22. The summed E-state index contributed by atoms with van der Waals surface area (Å²) in [5.41, 5.74) is 0.491. The third-order valence-electron chi connectivity index (χ3n) is 3.68. The standard InChI is InChI=1S/C17H13F3N2O4S/c1-25-13-4-2-11(3-5-13)10-22(16-6-7-26-21-16)27(23,24)17-14(19)8-12(18)9-15(17)20/h2-9H,10H2,1H3. The molecule has 1 aromatic heterocycles. The molecule has 2 aromatic carbocycles. The van der Waals surface area contributed by atoms with Gasteiger partial charge in [0.05, 0.1) is 13.7 Å². The maximum Gasteiger partial charge on any atom is 0.271 e. The lowest BCUT2D eigenvalue weighted by atomic mass is 10.2. The van der Waals surface area contributed by atoms with Crippen LogP contribution in [0.5, 0.6) is 5.75 Å². The fourth-order valence-corrected chi connectivity index (χ4v) is 3.90. The molecule has 27 heavy (non-hydrogen) atoms. The average Bonchev–Trinajstić information content (AvgIpc) is 3.13. The molecular formula is C17H13F3N2O4S. The van der Waals surface area contributed by atoms with Crippen LogP contribution in [0.3, 0.4) is 0 Å². The highest BCUT2D eigenvalue weighted by Crippen LogP contribution is 2.29. The molecule has 0 radical (unpaired) electrons. The summed E-state index contributed by atoms with van der Waals surface area (Å²) >= 11 is 0. The number of sulfonamides is 1. The minimum absolute atomic E-state index is 0.186. The molecule has 3 aromatic rings. The first-order chi connectivity index (χ1) is 12.8. The summed E-state index contributed by atoms with van der Waals surface area (Å²) < 4.78 is 77.6. The van der Waals surface area contributed by atoms with Gasteiger partial charge in [-0.25, -0.2) is 25.9 Å². The molecule has 0 atom stereocenters. The van der Waals surface area contributed by atoms with Crippen molar-refractivity contribution in [1.29, 1.82) is 0 Å². The van der Waals surface area contributed by atoms with E-state index in [4.69, 9.17) is 4.74 Å². The molecule has 0 fully saturated rings. The number of methoxy groups -OCH3 is 1. The van der Waals surface area contributed by atoms with Crippen LogP contribution in [0, 0.1) is 17.5 Å². The highest BCUT2D eigenvalue weighted by atomic mass is 32.2. The Hall–Kier alpha value is -3.01. The molecule has 6 nitrogen and oxygen atoms in total. The monoisotopic (exact) mass is 398 g/mol. The molecule has 0 aliphatic rings. The van der Waals surface area contributed by atoms with Crippen LogP contribution in [0.1, 0.15) is 5.56 Å². The zero-order chi connectivity index (χ0) is 19.6. The van der Waals surface area contributed by atoms with Crippen LogP contribution in [-0.4, -0.2) is 20.7 Å². The van der Waals surface area contributed by atoms with E-state index in [1.165, 1.54) is 13.2 Å². The van der Waals surface area contributed by atoms with Crippen molar-refractivity contribution in [2.45, 2.75) is 11.4 Å². The van der Waals surface area contributed by atoms with Crippen molar-refractivity contribution in [3.05, 3.63) is 71.7 Å². The first-order valence-corrected chi connectivity index (χ1v) is 8.97. The quantitative estimate of drug-likeness (QED) is 0.636. The van der Waals surface area contributed by atoms with Crippen LogP contribution in [0.2, 0.25) is 0 Å². The molecule has 0 aliphatic carbocycles. The summed E-state index contributed by atoms with van der Waals surface area (Å²) in [7, 11) is -3.28. The molecule has 0 saturated carbocycles. The van der Waals surface area contributed by atoms with E-state index in [1.54, 1.807) is 24.3 Å². The number of ether oxygens (including phenoxy) is 1. The van der Waals surface area contributed by atoms with Gasteiger partial charge >= 0.3 is 0 Å². The maximum atomic E-state index is 14.1. The van der Waals surface area contributed by atoms with Crippen LogP contribution in [0.25, 0.3) is 0 Å². The van der Waals surface area contributed by atoms with Crippen molar-refractivity contribution in [2.24, 2.45) is 0 Å². The maximum absolute atomic E-state index is 14.1. The van der Waals surface area contributed by atoms with Gasteiger partial charge in [0.2, 0.25) is 0 Å². The molecule has 0 N–H and O–H groups in total. The second-order valence-electron chi connectivity index (χ2n) is 5.42. The normalized spacial score (nSPS) is 11.4. The van der Waals surface area contributed by atoms with Crippen LogP contribution < -0.4 is 9.04 Å². The zero-order valence-corrected chi connectivity index (χ0v) is 14.7. The van der Waals surface area contributed by atoms with Crippen molar-refractivity contribution < 1.29 is 30.8 Å². The van der Waals surface area contributed by atoms with Gasteiger partial charge in [-0.1, -0.05) is 17.3 Å². The van der Waals surface area contributed by atoms with Gasteiger partial charge in [0.15, 0.2) is 10.7 Å². The van der Waals surface area contributed by atoms with Crippen LogP contribution in [0.4, 0.5) is 19.0 Å². The minimum atomic E-state index is -4.75. The van der Waals surface area contributed by atoms with Gasteiger partial charge in [-0.3, -0.25) is 0 Å². The largest absolute Gasteiger partial charge is 0.497 e. The van der Waals surface area contributed by atoms with E-state index in [2.05, 4.69) is 9.68 Å². The Bertz CT molecular complexity index is 1020. The van der Waals surface area contributed by atoms with Crippen LogP contribution in [0.15, 0.2) is 58.1 Å².